The molecule has 140 valence electrons. The Morgan fingerprint density at radius 2 is 2.08 bits per heavy atom. The summed E-state index contributed by atoms with van der Waals surface area (Å²) in [4.78, 5) is 10.5. The van der Waals surface area contributed by atoms with Crippen molar-refractivity contribution in [2.24, 2.45) is 0 Å². The summed E-state index contributed by atoms with van der Waals surface area (Å²) in [5.41, 5.74) is 0.670. The lowest BCUT2D eigenvalue weighted by Gasteiger charge is -2.19. The third-order valence-corrected chi connectivity index (χ3v) is 6.46. The van der Waals surface area contributed by atoms with Crippen molar-refractivity contribution in [3.8, 4) is 5.88 Å². The van der Waals surface area contributed by atoms with Gasteiger partial charge in [0.2, 0.25) is 15.9 Å². The molecular weight excluding hydrogens is 376 g/mol. The molecule has 0 aliphatic carbocycles. The first-order chi connectivity index (χ1) is 12.3. The number of sulfonamides is 1. The van der Waals surface area contributed by atoms with Crippen molar-refractivity contribution in [3.63, 3.8) is 0 Å². The zero-order chi connectivity index (χ0) is 18.9. The summed E-state index contributed by atoms with van der Waals surface area (Å²) in [6.45, 7) is 2.41. The van der Waals surface area contributed by atoms with Gasteiger partial charge in [0, 0.05) is 25.7 Å². The van der Waals surface area contributed by atoms with Crippen LogP contribution in [0.4, 0.5) is 5.82 Å². The van der Waals surface area contributed by atoms with Gasteiger partial charge in [-0.1, -0.05) is 17.7 Å². The molecule has 1 unspecified atom stereocenters. The summed E-state index contributed by atoms with van der Waals surface area (Å²) < 4.78 is 33.1. The quantitative estimate of drug-likeness (QED) is 0.772. The molecule has 9 heteroatoms. The number of benzene rings is 1. The van der Waals surface area contributed by atoms with E-state index in [0.717, 1.165) is 0 Å². The average Bonchev–Trinajstić information content (AvgIpc) is 3.06. The summed E-state index contributed by atoms with van der Waals surface area (Å²) in [6.07, 6.45) is 3.49. The second kappa shape index (κ2) is 7.38. The van der Waals surface area contributed by atoms with E-state index in [-0.39, 0.29) is 17.5 Å². The Balaban J connectivity index is 1.74. The standard InChI is InChI=1S/C17H21ClN4O3S/c1-12-4-5-13(18)8-15(12)26(23,24)22-7-6-14(11-22)25-17-10-19-9-16(20-17)21(2)3/h4-5,8-10,14H,6-7,11H2,1-3H3. The van der Waals surface area contributed by atoms with Crippen LogP contribution in [-0.4, -0.2) is 56.0 Å². The lowest BCUT2D eigenvalue weighted by atomic mass is 10.2. The van der Waals surface area contributed by atoms with Crippen LogP contribution in [0.25, 0.3) is 0 Å². The molecular formula is C17H21ClN4O3S. The molecule has 1 aromatic heterocycles. The maximum absolute atomic E-state index is 12.9. The molecule has 2 heterocycles. The van der Waals surface area contributed by atoms with Gasteiger partial charge in [-0.15, -0.1) is 0 Å². The first-order valence-electron chi connectivity index (χ1n) is 8.19. The molecule has 26 heavy (non-hydrogen) atoms. The molecule has 1 atom stereocenters. The van der Waals surface area contributed by atoms with E-state index in [2.05, 4.69) is 9.97 Å². The summed E-state index contributed by atoms with van der Waals surface area (Å²) >= 11 is 5.98. The van der Waals surface area contributed by atoms with Crippen molar-refractivity contribution >= 4 is 27.4 Å². The van der Waals surface area contributed by atoms with Gasteiger partial charge in [0.25, 0.3) is 0 Å². The van der Waals surface area contributed by atoms with E-state index in [1.54, 1.807) is 25.3 Å². The highest BCUT2D eigenvalue weighted by Crippen LogP contribution is 2.27. The smallest absolute Gasteiger partial charge is 0.243 e. The fraction of sp³-hybridized carbons (Fsp3) is 0.412. The number of aryl methyl sites for hydroxylation is 1. The van der Waals surface area contributed by atoms with Gasteiger partial charge in [0.15, 0.2) is 5.82 Å². The number of anilines is 1. The Labute approximate surface area is 158 Å². The third-order valence-electron chi connectivity index (χ3n) is 4.22. The molecule has 0 spiro atoms. The second-order valence-corrected chi connectivity index (χ2v) is 8.75. The molecule has 7 nitrogen and oxygen atoms in total. The normalized spacial score (nSPS) is 18.1. The summed E-state index contributed by atoms with van der Waals surface area (Å²) in [5.74, 6) is 1.07. The van der Waals surface area contributed by atoms with Crippen LogP contribution < -0.4 is 9.64 Å². The highest BCUT2D eigenvalue weighted by molar-refractivity contribution is 7.89. The van der Waals surface area contributed by atoms with E-state index < -0.39 is 10.0 Å². The van der Waals surface area contributed by atoms with Crippen LogP contribution in [0.15, 0.2) is 35.5 Å². The van der Waals surface area contributed by atoms with E-state index in [4.69, 9.17) is 16.3 Å². The number of ether oxygens (including phenoxy) is 1. The van der Waals surface area contributed by atoms with Crippen LogP contribution >= 0.6 is 11.6 Å². The van der Waals surface area contributed by atoms with Gasteiger partial charge in [-0.3, -0.25) is 4.98 Å². The molecule has 1 aromatic carbocycles. The monoisotopic (exact) mass is 396 g/mol. The van der Waals surface area contributed by atoms with Crippen LogP contribution in [0, 0.1) is 6.92 Å². The van der Waals surface area contributed by atoms with Gasteiger partial charge < -0.3 is 9.64 Å². The number of hydrogen-bond acceptors (Lipinski definition) is 6. The van der Waals surface area contributed by atoms with Crippen molar-refractivity contribution in [3.05, 3.63) is 41.2 Å². The number of hydrogen-bond donors (Lipinski definition) is 0. The van der Waals surface area contributed by atoms with Gasteiger partial charge in [-0.05, 0) is 31.0 Å². The molecule has 1 fully saturated rings. The highest BCUT2D eigenvalue weighted by Gasteiger charge is 2.34. The van der Waals surface area contributed by atoms with Crippen LogP contribution in [0.3, 0.4) is 0 Å². The van der Waals surface area contributed by atoms with Crippen LogP contribution in [0.1, 0.15) is 12.0 Å². The molecule has 1 aliphatic rings. The molecule has 0 amide bonds. The Bertz CT molecular complexity index is 905. The minimum atomic E-state index is -3.61. The zero-order valence-corrected chi connectivity index (χ0v) is 16.5. The second-order valence-electron chi connectivity index (χ2n) is 6.41. The van der Waals surface area contributed by atoms with Gasteiger partial charge in [-0.25, -0.2) is 8.42 Å². The highest BCUT2D eigenvalue weighted by atomic mass is 35.5. The Hall–Kier alpha value is -1.90. The first kappa shape index (κ1) is 18.9. The first-order valence-corrected chi connectivity index (χ1v) is 10.0. The topological polar surface area (TPSA) is 75.6 Å². The molecule has 3 rings (SSSR count). The lowest BCUT2D eigenvalue weighted by molar-refractivity contribution is 0.206. The summed E-state index contributed by atoms with van der Waals surface area (Å²) in [7, 11) is 0.118. The predicted molar refractivity (Wildman–Crippen MR) is 100 cm³/mol. The Kier molecular flexibility index (Phi) is 5.36. The predicted octanol–water partition coefficient (Wildman–Crippen LogP) is 2.35. The summed E-state index contributed by atoms with van der Waals surface area (Å²) in [6, 6.07) is 4.89. The van der Waals surface area contributed by atoms with Crippen molar-refractivity contribution in [1.82, 2.24) is 14.3 Å². The lowest BCUT2D eigenvalue weighted by Crippen LogP contribution is -2.31. The van der Waals surface area contributed by atoms with Gasteiger partial charge in [0.1, 0.15) is 6.10 Å². The number of aromatic nitrogens is 2. The van der Waals surface area contributed by atoms with E-state index in [1.165, 1.54) is 16.6 Å². The van der Waals surface area contributed by atoms with E-state index in [1.807, 2.05) is 19.0 Å². The zero-order valence-electron chi connectivity index (χ0n) is 14.9. The molecule has 1 saturated heterocycles. The van der Waals surface area contributed by atoms with Crippen molar-refractivity contribution < 1.29 is 13.2 Å². The minimum Gasteiger partial charge on any atom is -0.472 e. The average molecular weight is 397 g/mol. The number of rotatable bonds is 5. The van der Waals surface area contributed by atoms with Gasteiger partial charge >= 0.3 is 0 Å². The minimum absolute atomic E-state index is 0.236. The van der Waals surface area contributed by atoms with Crippen LogP contribution in [0.2, 0.25) is 5.02 Å². The largest absolute Gasteiger partial charge is 0.472 e. The molecule has 2 aromatic rings. The Morgan fingerprint density at radius 3 is 2.81 bits per heavy atom. The molecule has 0 saturated carbocycles. The van der Waals surface area contributed by atoms with E-state index in [0.29, 0.717) is 35.2 Å². The molecule has 0 N–H and O–H groups in total. The fourth-order valence-corrected chi connectivity index (χ4v) is 4.76. The molecule has 0 radical (unpaired) electrons. The maximum Gasteiger partial charge on any atom is 0.243 e. The molecule has 0 bridgehead atoms. The Morgan fingerprint density at radius 1 is 1.31 bits per heavy atom. The summed E-state index contributed by atoms with van der Waals surface area (Å²) in [5, 5.41) is 0.400. The van der Waals surface area contributed by atoms with Crippen molar-refractivity contribution in [1.29, 1.82) is 0 Å². The van der Waals surface area contributed by atoms with Crippen LogP contribution in [-0.2, 0) is 10.0 Å². The van der Waals surface area contributed by atoms with Crippen LogP contribution in [0.5, 0.6) is 5.88 Å². The van der Waals surface area contributed by atoms with Gasteiger partial charge in [-0.2, -0.15) is 9.29 Å². The van der Waals surface area contributed by atoms with Crippen molar-refractivity contribution in [2.75, 3.05) is 32.1 Å². The van der Waals surface area contributed by atoms with Gasteiger partial charge in [0.05, 0.1) is 23.8 Å². The molecule has 1 aliphatic heterocycles. The van der Waals surface area contributed by atoms with E-state index >= 15 is 0 Å². The number of nitrogens with zero attached hydrogens (tertiary/aromatic N) is 4. The van der Waals surface area contributed by atoms with Crippen molar-refractivity contribution in [2.45, 2.75) is 24.3 Å². The van der Waals surface area contributed by atoms with E-state index in [9.17, 15) is 8.42 Å². The number of halogens is 1. The maximum atomic E-state index is 12.9. The third kappa shape index (κ3) is 3.92. The SMILES string of the molecule is Cc1ccc(Cl)cc1S(=O)(=O)N1CCC(Oc2cncc(N(C)C)n2)C1. The fourth-order valence-electron chi connectivity index (χ4n) is 2.78.